The zero-order chi connectivity index (χ0) is 8.57. The highest BCUT2D eigenvalue weighted by atomic mass is 16.4. The molecule has 0 rings (SSSR count). The molecule has 12 heavy (non-hydrogen) atoms. The Morgan fingerprint density at radius 3 is 1.33 bits per heavy atom. The van der Waals surface area contributed by atoms with Crippen molar-refractivity contribution in [3.8, 4) is 0 Å². The number of rotatable bonds is 2. The summed E-state index contributed by atoms with van der Waals surface area (Å²) in [7, 11) is 0. The second-order valence-corrected chi connectivity index (χ2v) is 1.30. The molecule has 76 valence electrons. The van der Waals surface area contributed by atoms with Crippen LogP contribution in [0.25, 0.3) is 0 Å². The molecule has 0 unspecified atom stereocenters. The van der Waals surface area contributed by atoms with Crippen LogP contribution in [-0.2, 0) is 9.59 Å². The molecule has 0 radical (unpaired) electrons. The fourth-order valence-electron chi connectivity index (χ4n) is 0. The van der Waals surface area contributed by atoms with Gasteiger partial charge >= 0.3 is 0 Å². The number of aliphatic carboxylic acids is 2. The number of carboxylic acid groups (broad SMARTS) is 2. The van der Waals surface area contributed by atoms with Crippen LogP contribution < -0.4 is 15.9 Å². The van der Waals surface area contributed by atoms with Crippen molar-refractivity contribution in [1.82, 2.24) is 0 Å². The molecule has 0 saturated heterocycles. The molecule has 0 aliphatic heterocycles. The molecule has 2 N–H and O–H groups in total. The van der Waals surface area contributed by atoms with E-state index in [1.807, 2.05) is 0 Å². The minimum atomic E-state index is -1.22. The van der Waals surface area contributed by atoms with Gasteiger partial charge in [0.25, 0.3) is 0 Å². The smallest absolute Gasteiger partial charge is 0.0550 e. The van der Waals surface area contributed by atoms with Crippen LogP contribution >= 0.6 is 0 Å². The van der Waals surface area contributed by atoms with Crippen LogP contribution in [0.15, 0.2) is 0 Å². The number of nitrogens with two attached hydrogens (primary N) is 1. The van der Waals surface area contributed by atoms with Crippen LogP contribution in [0.3, 0.4) is 0 Å². The van der Waals surface area contributed by atoms with Gasteiger partial charge in [-0.25, -0.2) is 0 Å². The van der Waals surface area contributed by atoms with Gasteiger partial charge in [0.05, 0.1) is 5.97 Å². The Balaban J connectivity index is -0.0000000457. The molecule has 0 aromatic heterocycles. The van der Waals surface area contributed by atoms with Crippen LogP contribution in [0, 0.1) is 0 Å². The van der Waals surface area contributed by atoms with Gasteiger partial charge < -0.3 is 25.5 Å². The molecule has 5 heteroatoms. The first-order valence-corrected chi connectivity index (χ1v) is 2.64. The molecule has 0 aromatic rings. The summed E-state index contributed by atoms with van der Waals surface area (Å²) >= 11 is 0. The molecular formula is C7H17NO4-2. The van der Waals surface area contributed by atoms with Crippen LogP contribution in [-0.4, -0.2) is 18.5 Å². The second kappa shape index (κ2) is 16.5. The SMILES string of the molecule is C.C.CCC(=O)[O-].NCC(=O)[O-]. The van der Waals surface area contributed by atoms with Crippen LogP contribution in [0.4, 0.5) is 0 Å². The molecule has 0 atom stereocenters. The Kier molecular flexibility index (Phi) is 30.8. The molecule has 0 heterocycles. The van der Waals surface area contributed by atoms with Gasteiger partial charge in [0.1, 0.15) is 0 Å². The molecular weight excluding hydrogens is 162 g/mol. The van der Waals surface area contributed by atoms with E-state index in [1.165, 1.54) is 6.92 Å². The molecule has 0 fully saturated rings. The number of hydrogen-bond donors (Lipinski definition) is 1. The standard InChI is InChI=1S/C3H6O2.C2H5NO2.2CH4/c1-2-3(4)5;3-1-2(4)5;;/h2H2,1H3,(H,4,5);1,3H2,(H,4,5);2*1H4/p-2. The lowest BCUT2D eigenvalue weighted by molar-refractivity contribution is -0.305. The fourth-order valence-corrected chi connectivity index (χ4v) is 0. The molecule has 0 aliphatic rings. The van der Waals surface area contributed by atoms with E-state index in [-0.39, 0.29) is 27.8 Å². The minimum absolute atomic E-state index is 0. The summed E-state index contributed by atoms with van der Waals surface area (Å²) in [4.78, 5) is 18.4. The first-order valence-electron chi connectivity index (χ1n) is 2.64. The normalized spacial score (nSPS) is 6.17. The van der Waals surface area contributed by atoms with Gasteiger partial charge in [-0.3, -0.25) is 0 Å². The fraction of sp³-hybridized carbons (Fsp3) is 0.714. The Labute approximate surface area is 73.2 Å². The van der Waals surface area contributed by atoms with E-state index in [4.69, 9.17) is 9.90 Å². The summed E-state index contributed by atoms with van der Waals surface area (Å²) in [6.45, 7) is 1.15. The highest BCUT2D eigenvalue weighted by molar-refractivity contribution is 5.66. The van der Waals surface area contributed by atoms with Gasteiger partial charge in [-0.2, -0.15) is 0 Å². The quantitative estimate of drug-likeness (QED) is 0.533. The van der Waals surface area contributed by atoms with E-state index in [1.54, 1.807) is 0 Å². The maximum Gasteiger partial charge on any atom is 0.0550 e. The molecule has 0 saturated carbocycles. The van der Waals surface area contributed by atoms with Crippen molar-refractivity contribution in [2.24, 2.45) is 5.73 Å². The van der Waals surface area contributed by atoms with Gasteiger partial charge in [-0.1, -0.05) is 21.8 Å². The molecule has 0 bridgehead atoms. The van der Waals surface area contributed by atoms with Crippen molar-refractivity contribution >= 4 is 11.9 Å². The number of carboxylic acids is 2. The van der Waals surface area contributed by atoms with Gasteiger partial charge in [-0.05, 0) is 6.42 Å². The minimum Gasteiger partial charge on any atom is -0.550 e. The predicted molar refractivity (Wildman–Crippen MR) is 42.8 cm³/mol. The topological polar surface area (TPSA) is 106 Å². The van der Waals surface area contributed by atoms with E-state index in [0.29, 0.717) is 0 Å². The summed E-state index contributed by atoms with van der Waals surface area (Å²) in [5.41, 5.74) is 4.51. The third-order valence-electron chi connectivity index (χ3n) is 0.455. The highest BCUT2D eigenvalue weighted by Crippen LogP contribution is 1.61. The Morgan fingerprint density at radius 1 is 1.17 bits per heavy atom. The highest BCUT2D eigenvalue weighted by Gasteiger charge is 1.65. The summed E-state index contributed by atoms with van der Waals surface area (Å²) in [5.74, 6) is -2.21. The van der Waals surface area contributed by atoms with Crippen molar-refractivity contribution in [2.45, 2.75) is 28.2 Å². The largest absolute Gasteiger partial charge is 0.550 e. The molecule has 0 aromatic carbocycles. The van der Waals surface area contributed by atoms with E-state index in [2.05, 4.69) is 5.73 Å². The van der Waals surface area contributed by atoms with E-state index < -0.39 is 11.9 Å². The van der Waals surface area contributed by atoms with Crippen molar-refractivity contribution < 1.29 is 19.8 Å². The lowest BCUT2D eigenvalue weighted by atomic mass is 10.5. The molecule has 0 aliphatic carbocycles. The van der Waals surface area contributed by atoms with Crippen molar-refractivity contribution in [2.75, 3.05) is 6.54 Å². The van der Waals surface area contributed by atoms with Crippen LogP contribution in [0.5, 0.6) is 0 Å². The van der Waals surface area contributed by atoms with E-state index >= 15 is 0 Å². The Morgan fingerprint density at radius 2 is 1.33 bits per heavy atom. The van der Waals surface area contributed by atoms with E-state index in [9.17, 15) is 9.90 Å². The molecule has 0 spiro atoms. The van der Waals surface area contributed by atoms with Crippen LogP contribution in [0.2, 0.25) is 0 Å². The maximum atomic E-state index is 9.26. The van der Waals surface area contributed by atoms with Gasteiger partial charge in [0, 0.05) is 12.5 Å². The average molecular weight is 179 g/mol. The Bertz CT molecular complexity index is 100.0. The summed E-state index contributed by atoms with van der Waals surface area (Å²) in [5, 5.41) is 18.4. The van der Waals surface area contributed by atoms with Crippen molar-refractivity contribution in [3.63, 3.8) is 0 Å². The summed E-state index contributed by atoms with van der Waals surface area (Å²) < 4.78 is 0. The summed E-state index contributed by atoms with van der Waals surface area (Å²) in [6, 6.07) is 0. The number of hydrogen-bond acceptors (Lipinski definition) is 5. The maximum absolute atomic E-state index is 9.26. The monoisotopic (exact) mass is 179 g/mol. The van der Waals surface area contributed by atoms with Gasteiger partial charge in [0.2, 0.25) is 0 Å². The lowest BCUT2D eigenvalue weighted by Gasteiger charge is -1.87. The zero-order valence-electron chi connectivity index (χ0n) is 5.62. The van der Waals surface area contributed by atoms with Crippen LogP contribution in [0.1, 0.15) is 28.2 Å². The Hall–Kier alpha value is -1.10. The molecule has 5 nitrogen and oxygen atoms in total. The van der Waals surface area contributed by atoms with Crippen molar-refractivity contribution in [3.05, 3.63) is 0 Å². The second-order valence-electron chi connectivity index (χ2n) is 1.30. The first kappa shape index (κ1) is 22.4. The van der Waals surface area contributed by atoms with Gasteiger partial charge in [0.15, 0.2) is 0 Å². The van der Waals surface area contributed by atoms with Crippen molar-refractivity contribution in [1.29, 1.82) is 0 Å². The summed E-state index contributed by atoms with van der Waals surface area (Å²) in [6.07, 6.45) is 0.111. The third kappa shape index (κ3) is 66.0. The van der Waals surface area contributed by atoms with E-state index in [0.717, 1.165) is 0 Å². The first-order chi connectivity index (χ1) is 4.54. The number of carbonyl (C=O) groups is 2. The average Bonchev–Trinajstić information content (AvgIpc) is 1.89. The zero-order valence-corrected chi connectivity index (χ0v) is 5.62. The van der Waals surface area contributed by atoms with Gasteiger partial charge in [-0.15, -0.1) is 0 Å². The third-order valence-corrected chi connectivity index (χ3v) is 0.455. The predicted octanol–water partition coefficient (Wildman–Crippen LogP) is -1.89. The number of carbonyl (C=O) groups excluding carboxylic acids is 2. The lowest BCUT2D eigenvalue weighted by Crippen LogP contribution is -2.30. The molecule has 0 amide bonds.